The molecule has 0 bridgehead atoms. The molecular formula is C27H32N2O3. The highest BCUT2D eigenvalue weighted by Gasteiger charge is 2.12. The molecule has 5 heteroatoms. The van der Waals surface area contributed by atoms with Crippen LogP contribution in [-0.2, 0) is 17.9 Å². The molecule has 5 nitrogen and oxygen atoms in total. The largest absolute Gasteiger partial charge is 0.493 e. The Bertz CT molecular complexity index is 1050. The molecule has 0 atom stereocenters. The van der Waals surface area contributed by atoms with Gasteiger partial charge in [-0.25, -0.2) is 0 Å². The van der Waals surface area contributed by atoms with Gasteiger partial charge in [0, 0.05) is 29.9 Å². The van der Waals surface area contributed by atoms with Crippen LogP contribution in [0, 0.1) is 12.8 Å². The summed E-state index contributed by atoms with van der Waals surface area (Å²) in [7, 11) is 1.65. The average molecular weight is 433 g/mol. The minimum Gasteiger partial charge on any atom is -0.493 e. The monoisotopic (exact) mass is 432 g/mol. The maximum atomic E-state index is 12.1. The molecule has 32 heavy (non-hydrogen) atoms. The molecule has 0 aliphatic carbocycles. The fourth-order valence-electron chi connectivity index (χ4n) is 3.47. The van der Waals surface area contributed by atoms with Crippen LogP contribution in [0.15, 0.2) is 66.7 Å². The predicted molar refractivity (Wildman–Crippen MR) is 130 cm³/mol. The van der Waals surface area contributed by atoms with Gasteiger partial charge in [0.05, 0.1) is 7.11 Å². The van der Waals surface area contributed by atoms with E-state index in [1.165, 1.54) is 5.56 Å². The topological polar surface area (TPSA) is 59.6 Å². The Morgan fingerprint density at radius 3 is 2.47 bits per heavy atom. The maximum absolute atomic E-state index is 12.1. The van der Waals surface area contributed by atoms with E-state index in [4.69, 9.17) is 9.47 Å². The van der Waals surface area contributed by atoms with Gasteiger partial charge in [-0.1, -0.05) is 61.9 Å². The molecule has 1 amide bonds. The first-order valence-corrected chi connectivity index (χ1v) is 10.9. The van der Waals surface area contributed by atoms with Crippen LogP contribution in [-0.4, -0.2) is 13.0 Å². The van der Waals surface area contributed by atoms with Gasteiger partial charge in [-0.05, 0) is 42.7 Å². The van der Waals surface area contributed by atoms with Gasteiger partial charge in [0.25, 0.3) is 0 Å². The Labute approximate surface area is 190 Å². The molecule has 0 aliphatic heterocycles. The molecule has 0 saturated carbocycles. The van der Waals surface area contributed by atoms with Crippen molar-refractivity contribution in [3.05, 3.63) is 83.4 Å². The third-order valence-electron chi connectivity index (χ3n) is 4.97. The second kappa shape index (κ2) is 11.2. The Balaban J connectivity index is 1.69. The summed E-state index contributed by atoms with van der Waals surface area (Å²) >= 11 is 0. The molecule has 0 fully saturated rings. The molecule has 2 N–H and O–H groups in total. The summed E-state index contributed by atoms with van der Waals surface area (Å²) in [5.41, 5.74) is 5.00. The number of hydrogen-bond acceptors (Lipinski definition) is 4. The SMILES string of the molecule is COc1cccc(CNc2cccc(NC(=O)CC(C)C)c2)c1OCc1cccc(C)c1. The van der Waals surface area contributed by atoms with E-state index < -0.39 is 0 Å². The van der Waals surface area contributed by atoms with Crippen molar-refractivity contribution in [3.63, 3.8) is 0 Å². The number of benzene rings is 3. The molecule has 0 heterocycles. The Morgan fingerprint density at radius 1 is 0.969 bits per heavy atom. The lowest BCUT2D eigenvalue weighted by Crippen LogP contribution is -2.14. The van der Waals surface area contributed by atoms with Gasteiger partial charge in [-0.3, -0.25) is 4.79 Å². The van der Waals surface area contributed by atoms with Crippen LogP contribution in [0.25, 0.3) is 0 Å². The third kappa shape index (κ3) is 6.77. The highest BCUT2D eigenvalue weighted by molar-refractivity contribution is 5.91. The Morgan fingerprint density at radius 2 is 1.72 bits per heavy atom. The van der Waals surface area contributed by atoms with E-state index >= 15 is 0 Å². The minimum absolute atomic E-state index is 0.0248. The number of rotatable bonds is 10. The van der Waals surface area contributed by atoms with Crippen molar-refractivity contribution in [3.8, 4) is 11.5 Å². The van der Waals surface area contributed by atoms with Crippen LogP contribution in [0.5, 0.6) is 11.5 Å². The van der Waals surface area contributed by atoms with Crippen LogP contribution in [0.4, 0.5) is 11.4 Å². The first-order valence-electron chi connectivity index (χ1n) is 10.9. The quantitative estimate of drug-likeness (QED) is 0.402. The molecule has 3 aromatic rings. The molecule has 0 aliphatic rings. The van der Waals surface area contributed by atoms with Crippen LogP contribution >= 0.6 is 0 Å². The highest BCUT2D eigenvalue weighted by atomic mass is 16.5. The van der Waals surface area contributed by atoms with Crippen LogP contribution < -0.4 is 20.1 Å². The van der Waals surface area contributed by atoms with Gasteiger partial charge in [0.15, 0.2) is 11.5 Å². The van der Waals surface area contributed by atoms with Gasteiger partial charge in [-0.2, -0.15) is 0 Å². The summed E-state index contributed by atoms with van der Waals surface area (Å²) in [5.74, 6) is 1.77. The molecule has 0 unspecified atom stereocenters. The fourth-order valence-corrected chi connectivity index (χ4v) is 3.47. The number of carbonyl (C=O) groups excluding carboxylic acids is 1. The number of nitrogens with one attached hydrogen (secondary N) is 2. The number of aryl methyl sites for hydroxylation is 1. The van der Waals surface area contributed by atoms with E-state index in [9.17, 15) is 4.79 Å². The van der Waals surface area contributed by atoms with E-state index in [-0.39, 0.29) is 5.91 Å². The third-order valence-corrected chi connectivity index (χ3v) is 4.97. The van der Waals surface area contributed by atoms with E-state index in [1.807, 2.05) is 62.4 Å². The molecule has 0 spiro atoms. The highest BCUT2D eigenvalue weighted by Crippen LogP contribution is 2.32. The minimum atomic E-state index is 0.0248. The first-order chi connectivity index (χ1) is 15.4. The van der Waals surface area contributed by atoms with Gasteiger partial charge in [0.1, 0.15) is 6.61 Å². The molecule has 0 radical (unpaired) electrons. The number of amides is 1. The van der Waals surface area contributed by atoms with Gasteiger partial charge >= 0.3 is 0 Å². The number of ether oxygens (including phenoxy) is 2. The van der Waals surface area contributed by atoms with Crippen molar-refractivity contribution in [2.24, 2.45) is 5.92 Å². The summed E-state index contributed by atoms with van der Waals surface area (Å²) < 4.78 is 11.7. The Hall–Kier alpha value is -3.47. The molecule has 0 aromatic heterocycles. The second-order valence-electron chi connectivity index (χ2n) is 8.31. The van der Waals surface area contributed by atoms with Crippen molar-refractivity contribution in [1.29, 1.82) is 0 Å². The number of anilines is 2. The smallest absolute Gasteiger partial charge is 0.224 e. The Kier molecular flexibility index (Phi) is 8.14. The fraction of sp³-hybridized carbons (Fsp3) is 0.296. The van der Waals surface area contributed by atoms with Crippen molar-refractivity contribution in [2.75, 3.05) is 17.7 Å². The zero-order chi connectivity index (χ0) is 22.9. The van der Waals surface area contributed by atoms with Gasteiger partial charge in [0.2, 0.25) is 5.91 Å². The second-order valence-corrected chi connectivity index (χ2v) is 8.31. The summed E-state index contributed by atoms with van der Waals surface area (Å²) in [6.07, 6.45) is 0.503. The van der Waals surface area contributed by atoms with E-state index in [1.54, 1.807) is 7.11 Å². The van der Waals surface area contributed by atoms with Crippen molar-refractivity contribution in [2.45, 2.75) is 40.3 Å². The standard InChI is InChI=1S/C27H32N2O3/c1-19(2)14-26(30)29-24-12-7-11-23(16-24)28-17-22-10-6-13-25(31-4)27(22)32-18-21-9-5-8-20(3)15-21/h5-13,15-16,19,28H,14,17-18H2,1-4H3,(H,29,30). The van der Waals surface area contributed by atoms with E-state index in [0.717, 1.165) is 28.3 Å². The molecular weight excluding hydrogens is 400 g/mol. The average Bonchev–Trinajstić information content (AvgIpc) is 2.76. The number of hydrogen-bond donors (Lipinski definition) is 2. The summed E-state index contributed by atoms with van der Waals surface area (Å²) in [5, 5.41) is 6.39. The zero-order valence-electron chi connectivity index (χ0n) is 19.3. The first kappa shape index (κ1) is 23.2. The van der Waals surface area contributed by atoms with Crippen molar-refractivity contribution >= 4 is 17.3 Å². The summed E-state index contributed by atoms with van der Waals surface area (Å²) in [6.45, 7) is 7.16. The maximum Gasteiger partial charge on any atom is 0.224 e. The summed E-state index contributed by atoms with van der Waals surface area (Å²) in [4.78, 5) is 12.1. The number of carbonyl (C=O) groups is 1. The zero-order valence-corrected chi connectivity index (χ0v) is 19.3. The van der Waals surface area contributed by atoms with Crippen molar-refractivity contribution < 1.29 is 14.3 Å². The molecule has 168 valence electrons. The normalized spacial score (nSPS) is 10.7. The lowest BCUT2D eigenvalue weighted by molar-refractivity contribution is -0.116. The van der Waals surface area contributed by atoms with E-state index in [2.05, 4.69) is 35.8 Å². The van der Waals surface area contributed by atoms with E-state index in [0.29, 0.717) is 31.2 Å². The van der Waals surface area contributed by atoms with Crippen molar-refractivity contribution in [1.82, 2.24) is 0 Å². The molecule has 3 rings (SSSR count). The molecule has 3 aromatic carbocycles. The molecule has 0 saturated heterocycles. The van der Waals surface area contributed by atoms with Gasteiger partial charge in [-0.15, -0.1) is 0 Å². The van der Waals surface area contributed by atoms with Crippen LogP contribution in [0.3, 0.4) is 0 Å². The number of para-hydroxylation sites is 1. The van der Waals surface area contributed by atoms with Gasteiger partial charge < -0.3 is 20.1 Å². The van der Waals surface area contributed by atoms with Crippen LogP contribution in [0.2, 0.25) is 0 Å². The lowest BCUT2D eigenvalue weighted by Gasteiger charge is -2.16. The summed E-state index contributed by atoms with van der Waals surface area (Å²) in [6, 6.07) is 21.9. The van der Waals surface area contributed by atoms with Crippen LogP contribution in [0.1, 0.15) is 37.0 Å². The predicted octanol–water partition coefficient (Wildman–Crippen LogP) is 6.18. The lowest BCUT2D eigenvalue weighted by atomic mass is 10.1. The number of methoxy groups -OCH3 is 1.